The molecule has 0 radical (unpaired) electrons. The lowest BCUT2D eigenvalue weighted by atomic mass is 10.0. The lowest BCUT2D eigenvalue weighted by Crippen LogP contribution is -2.13. The van der Waals surface area contributed by atoms with Gasteiger partial charge in [-0.25, -0.2) is 4.68 Å². The van der Waals surface area contributed by atoms with Crippen molar-refractivity contribution in [2.24, 2.45) is 4.99 Å². The molecule has 0 fully saturated rings. The summed E-state index contributed by atoms with van der Waals surface area (Å²) in [5, 5.41) is 7.67. The number of aromatic nitrogens is 4. The van der Waals surface area contributed by atoms with Crippen molar-refractivity contribution >= 4 is 12.0 Å². The predicted molar refractivity (Wildman–Crippen MR) is 108 cm³/mol. The molecule has 0 unspecified atom stereocenters. The van der Waals surface area contributed by atoms with Gasteiger partial charge in [0.15, 0.2) is 11.5 Å². The van der Waals surface area contributed by atoms with Crippen LogP contribution in [0.1, 0.15) is 33.6 Å². The van der Waals surface area contributed by atoms with Gasteiger partial charge in [0.1, 0.15) is 12.4 Å². The average Bonchev–Trinajstić information content (AvgIpc) is 3.19. The monoisotopic (exact) mass is 485 g/mol. The minimum absolute atomic E-state index is 0.0360. The molecule has 0 N–H and O–H groups in total. The third-order valence-electron chi connectivity index (χ3n) is 4.54. The van der Waals surface area contributed by atoms with Crippen molar-refractivity contribution in [1.29, 1.82) is 0 Å². The van der Waals surface area contributed by atoms with Crippen LogP contribution in [0.15, 0.2) is 47.7 Å². The van der Waals surface area contributed by atoms with Crippen LogP contribution in [0.3, 0.4) is 0 Å². The van der Waals surface area contributed by atoms with Gasteiger partial charge in [0.2, 0.25) is 0 Å². The number of alkyl halides is 6. The van der Waals surface area contributed by atoms with Crippen molar-refractivity contribution in [2.45, 2.75) is 25.3 Å². The average molecular weight is 485 g/mol. The predicted octanol–water partition coefficient (Wildman–Crippen LogP) is 4.67. The second-order valence-electron chi connectivity index (χ2n) is 7.00. The van der Waals surface area contributed by atoms with E-state index in [0.29, 0.717) is 17.7 Å². The third kappa shape index (κ3) is 6.04. The van der Waals surface area contributed by atoms with Gasteiger partial charge in [-0.05, 0) is 35.9 Å². The lowest BCUT2D eigenvalue weighted by Gasteiger charge is -2.15. The van der Waals surface area contributed by atoms with Gasteiger partial charge in [0.05, 0.1) is 17.7 Å². The maximum Gasteiger partial charge on any atom is 0.416 e. The highest BCUT2D eigenvalue weighted by Crippen LogP contribution is 2.36. The fourth-order valence-electron chi connectivity index (χ4n) is 3.06. The summed E-state index contributed by atoms with van der Waals surface area (Å²) in [4.78, 5) is 20.4. The molecule has 0 aliphatic carbocycles. The Bertz CT molecular complexity index is 1140. The summed E-state index contributed by atoms with van der Waals surface area (Å²) in [6.07, 6.45) is -6.02. The Morgan fingerprint density at radius 2 is 1.68 bits per heavy atom. The molecule has 0 aliphatic heterocycles. The summed E-state index contributed by atoms with van der Waals surface area (Å²) >= 11 is 0. The first-order valence-corrected chi connectivity index (χ1v) is 9.63. The molecule has 13 heteroatoms. The van der Waals surface area contributed by atoms with Crippen molar-refractivity contribution in [3.63, 3.8) is 0 Å². The van der Waals surface area contributed by atoms with Crippen LogP contribution in [0, 0.1) is 0 Å². The molecule has 0 atom stereocenters. The number of rotatable bonds is 8. The molecule has 0 saturated carbocycles. The topological polar surface area (TPSA) is 82.3 Å². The number of methoxy groups -OCH3 is 1. The van der Waals surface area contributed by atoms with Gasteiger partial charge in [-0.15, -0.1) is 5.10 Å². The summed E-state index contributed by atoms with van der Waals surface area (Å²) < 4.78 is 85.2. The molecule has 0 spiro atoms. The van der Waals surface area contributed by atoms with Gasteiger partial charge in [-0.3, -0.25) is 14.8 Å². The smallest absolute Gasteiger partial charge is 0.363 e. The number of aliphatic imine (C=N–C) groups is 1. The van der Waals surface area contributed by atoms with Gasteiger partial charge in [0, 0.05) is 37.7 Å². The highest BCUT2D eigenvalue weighted by molar-refractivity contribution is 6.05. The number of pyridine rings is 1. The third-order valence-corrected chi connectivity index (χ3v) is 4.54. The van der Waals surface area contributed by atoms with E-state index in [1.807, 2.05) is 0 Å². The Balaban J connectivity index is 2.06. The molecule has 180 valence electrons. The number of nitrogens with zero attached hydrogens (tertiary/aromatic N) is 5. The minimum atomic E-state index is -4.99. The summed E-state index contributed by atoms with van der Waals surface area (Å²) in [7, 11) is 1.42. The molecule has 0 amide bonds. The van der Waals surface area contributed by atoms with E-state index >= 15 is 0 Å². The van der Waals surface area contributed by atoms with Gasteiger partial charge in [-0.1, -0.05) is 5.21 Å². The minimum Gasteiger partial charge on any atom is -0.363 e. The van der Waals surface area contributed by atoms with E-state index in [-0.39, 0.29) is 36.2 Å². The van der Waals surface area contributed by atoms with Crippen molar-refractivity contribution in [1.82, 2.24) is 20.0 Å². The highest BCUT2D eigenvalue weighted by Gasteiger charge is 2.37. The molecule has 1 aromatic carbocycles. The fourth-order valence-corrected chi connectivity index (χ4v) is 3.06. The molecular weight excluding hydrogens is 468 g/mol. The summed E-state index contributed by atoms with van der Waals surface area (Å²) in [5.74, 6) is -0.502. The fraction of sp³-hybridized carbons (Fsp3) is 0.286. The second kappa shape index (κ2) is 10.1. The van der Waals surface area contributed by atoms with E-state index in [0.717, 1.165) is 4.68 Å². The van der Waals surface area contributed by atoms with Gasteiger partial charge < -0.3 is 4.74 Å². The first-order chi connectivity index (χ1) is 16.0. The number of halogens is 6. The van der Waals surface area contributed by atoms with Gasteiger partial charge in [0.25, 0.3) is 0 Å². The molecule has 0 bridgehead atoms. The highest BCUT2D eigenvalue weighted by atomic mass is 19.4. The van der Waals surface area contributed by atoms with E-state index in [9.17, 15) is 31.1 Å². The Morgan fingerprint density at radius 3 is 2.24 bits per heavy atom. The van der Waals surface area contributed by atoms with Crippen molar-refractivity contribution in [3.8, 4) is 11.3 Å². The molecular formula is C21H17F6N5O2. The largest absolute Gasteiger partial charge is 0.416 e. The molecule has 0 saturated heterocycles. The Labute approximate surface area is 189 Å². The number of carbonyl (C=O) groups excluding carboxylic acids is 1. The molecule has 34 heavy (non-hydrogen) atoms. The summed E-state index contributed by atoms with van der Waals surface area (Å²) in [6, 6.07) is 4.28. The van der Waals surface area contributed by atoms with Crippen LogP contribution in [-0.2, 0) is 23.6 Å². The van der Waals surface area contributed by atoms with Crippen LogP contribution in [0.5, 0.6) is 0 Å². The molecule has 0 aliphatic rings. The maximum absolute atomic E-state index is 13.2. The number of hydrogen-bond acceptors (Lipinski definition) is 6. The zero-order chi connectivity index (χ0) is 24.9. The molecule has 2 heterocycles. The van der Waals surface area contributed by atoms with Gasteiger partial charge >= 0.3 is 12.4 Å². The van der Waals surface area contributed by atoms with Crippen molar-refractivity contribution in [3.05, 3.63) is 65.1 Å². The zero-order valence-corrected chi connectivity index (χ0v) is 17.6. The normalized spacial score (nSPS) is 12.4. The summed E-state index contributed by atoms with van der Waals surface area (Å²) in [5.41, 5.74) is -2.80. The maximum atomic E-state index is 13.2. The van der Waals surface area contributed by atoms with Crippen LogP contribution < -0.4 is 0 Å². The number of ketones is 1. The van der Waals surface area contributed by atoms with Crippen LogP contribution >= 0.6 is 0 Å². The molecule has 3 rings (SSSR count). The molecule has 2 aromatic heterocycles. The van der Waals surface area contributed by atoms with Crippen LogP contribution in [0.4, 0.5) is 26.3 Å². The standard InChI is InChI=1S/C21H17F6N5O2/c1-34-12-29-7-4-17(33)18-19(14-2-5-28-6-3-14)32(31-30-18)11-13-8-15(20(22,23)24)10-16(9-13)21(25,26)27/h2-3,5-10H,4,11-12H2,1H3. The van der Waals surface area contributed by atoms with E-state index in [4.69, 9.17) is 4.74 Å². The Morgan fingerprint density at radius 1 is 1.06 bits per heavy atom. The second-order valence-corrected chi connectivity index (χ2v) is 7.00. The Kier molecular flexibility index (Phi) is 7.44. The van der Waals surface area contributed by atoms with Crippen LogP contribution in [0.25, 0.3) is 11.3 Å². The van der Waals surface area contributed by atoms with Crippen molar-refractivity contribution in [2.75, 3.05) is 13.8 Å². The van der Waals surface area contributed by atoms with Gasteiger partial charge in [-0.2, -0.15) is 26.3 Å². The van der Waals surface area contributed by atoms with E-state index in [1.54, 1.807) is 0 Å². The summed E-state index contributed by atoms with van der Waals surface area (Å²) in [6.45, 7) is -0.461. The number of hydrogen-bond donors (Lipinski definition) is 0. The number of carbonyl (C=O) groups is 1. The van der Waals surface area contributed by atoms with Crippen molar-refractivity contribution < 1.29 is 35.9 Å². The quantitative estimate of drug-likeness (QED) is 0.263. The van der Waals surface area contributed by atoms with E-state index in [1.165, 1.54) is 37.9 Å². The molecule has 3 aromatic rings. The first kappa shape index (κ1) is 25.0. The van der Waals surface area contributed by atoms with Crippen LogP contribution in [-0.4, -0.2) is 45.8 Å². The first-order valence-electron chi connectivity index (χ1n) is 9.63. The zero-order valence-electron chi connectivity index (χ0n) is 17.6. The number of Topliss-reactive ketones (excluding diaryl/α,β-unsaturated/α-hetero) is 1. The van der Waals surface area contributed by atoms with E-state index in [2.05, 4.69) is 20.3 Å². The lowest BCUT2D eigenvalue weighted by molar-refractivity contribution is -0.143. The Hall–Kier alpha value is -3.61. The SMILES string of the molecule is COCN=CCC(=O)c1nnn(Cc2cc(C(F)(F)F)cc(C(F)(F)F)c2)c1-c1ccncc1. The number of ether oxygens (including phenoxy) is 1. The van der Waals surface area contributed by atoms with E-state index < -0.39 is 35.8 Å². The van der Waals surface area contributed by atoms with Crippen LogP contribution in [0.2, 0.25) is 0 Å². The number of benzene rings is 1. The molecule has 7 nitrogen and oxygen atoms in total.